The summed E-state index contributed by atoms with van der Waals surface area (Å²) in [5, 5.41) is 3.26. The summed E-state index contributed by atoms with van der Waals surface area (Å²) in [5.41, 5.74) is 1.73. The fourth-order valence-corrected chi connectivity index (χ4v) is 2.25. The molecule has 1 aliphatic heterocycles. The molecule has 0 radical (unpaired) electrons. The normalized spacial score (nSPS) is 24.2. The molecule has 1 heterocycles. The van der Waals surface area contributed by atoms with E-state index >= 15 is 0 Å². The van der Waals surface area contributed by atoms with Crippen molar-refractivity contribution in [1.29, 1.82) is 0 Å². The van der Waals surface area contributed by atoms with Gasteiger partial charge in [0.1, 0.15) is 16.4 Å². The number of aliphatic imine (C=N–C) groups is 1. The van der Waals surface area contributed by atoms with Crippen molar-refractivity contribution < 1.29 is 0 Å². The van der Waals surface area contributed by atoms with E-state index in [2.05, 4.69) is 40.1 Å². The zero-order chi connectivity index (χ0) is 11.8. The van der Waals surface area contributed by atoms with Gasteiger partial charge in [-0.05, 0) is 25.5 Å². The van der Waals surface area contributed by atoms with Crippen LogP contribution in [0.1, 0.15) is 25.8 Å². The SMILES string of the molecule is CC[C@]1(C)N=C(c2ccc(Br)cc2)C(=S)N1. The Labute approximate surface area is 109 Å². The molecular formula is C12H13BrN2S. The molecule has 1 N–H and O–H groups in total. The maximum Gasteiger partial charge on any atom is 0.127 e. The smallest absolute Gasteiger partial charge is 0.127 e. The lowest BCUT2D eigenvalue weighted by atomic mass is 10.1. The molecule has 0 fully saturated rings. The van der Waals surface area contributed by atoms with Crippen LogP contribution in [0.4, 0.5) is 0 Å². The summed E-state index contributed by atoms with van der Waals surface area (Å²) < 4.78 is 1.06. The van der Waals surface area contributed by atoms with Crippen molar-refractivity contribution in [2.45, 2.75) is 25.9 Å². The van der Waals surface area contributed by atoms with Crippen LogP contribution in [0.2, 0.25) is 0 Å². The van der Waals surface area contributed by atoms with Crippen molar-refractivity contribution in [2.24, 2.45) is 4.99 Å². The van der Waals surface area contributed by atoms with Crippen molar-refractivity contribution >= 4 is 38.8 Å². The second-order valence-corrected chi connectivity index (χ2v) is 5.37. The highest BCUT2D eigenvalue weighted by Gasteiger charge is 2.31. The number of hydrogen-bond acceptors (Lipinski definition) is 2. The molecule has 4 heteroatoms. The Morgan fingerprint density at radius 3 is 2.50 bits per heavy atom. The molecule has 0 saturated carbocycles. The van der Waals surface area contributed by atoms with Crippen molar-refractivity contribution in [3.05, 3.63) is 34.3 Å². The van der Waals surface area contributed by atoms with Gasteiger partial charge in [-0.25, -0.2) is 0 Å². The Hall–Kier alpha value is -0.740. The number of thiocarbonyl (C=S) groups is 1. The van der Waals surface area contributed by atoms with Crippen LogP contribution < -0.4 is 5.32 Å². The molecule has 0 unspecified atom stereocenters. The minimum Gasteiger partial charge on any atom is -0.351 e. The Kier molecular flexibility index (Phi) is 3.13. The summed E-state index contributed by atoms with van der Waals surface area (Å²) in [6.07, 6.45) is 0.924. The molecule has 1 atom stereocenters. The molecule has 1 aromatic rings. The van der Waals surface area contributed by atoms with Gasteiger partial charge in [-0.2, -0.15) is 0 Å². The monoisotopic (exact) mass is 296 g/mol. The van der Waals surface area contributed by atoms with Gasteiger partial charge in [-0.15, -0.1) is 0 Å². The van der Waals surface area contributed by atoms with Crippen LogP contribution in [-0.2, 0) is 0 Å². The molecule has 0 aliphatic carbocycles. The van der Waals surface area contributed by atoms with Crippen molar-refractivity contribution in [3.8, 4) is 0 Å². The number of halogens is 1. The van der Waals surface area contributed by atoms with Crippen LogP contribution >= 0.6 is 28.1 Å². The van der Waals surface area contributed by atoms with Crippen molar-refractivity contribution in [2.75, 3.05) is 0 Å². The zero-order valence-corrected chi connectivity index (χ0v) is 11.7. The number of benzene rings is 1. The average Bonchev–Trinajstić information content (AvgIpc) is 2.57. The van der Waals surface area contributed by atoms with E-state index in [0.29, 0.717) is 0 Å². The Balaban J connectivity index is 2.38. The fraction of sp³-hybridized carbons (Fsp3) is 0.333. The van der Waals surface area contributed by atoms with E-state index in [1.807, 2.05) is 24.3 Å². The van der Waals surface area contributed by atoms with Gasteiger partial charge < -0.3 is 5.32 Å². The molecule has 2 rings (SSSR count). The van der Waals surface area contributed by atoms with E-state index in [0.717, 1.165) is 27.2 Å². The van der Waals surface area contributed by atoms with Crippen LogP contribution in [-0.4, -0.2) is 16.4 Å². The summed E-state index contributed by atoms with van der Waals surface area (Å²) in [7, 11) is 0. The Bertz CT molecular complexity index is 453. The Morgan fingerprint density at radius 1 is 1.38 bits per heavy atom. The molecule has 1 aromatic carbocycles. The third-order valence-corrected chi connectivity index (χ3v) is 3.59. The molecule has 2 nitrogen and oxygen atoms in total. The highest BCUT2D eigenvalue weighted by molar-refractivity contribution is 9.10. The summed E-state index contributed by atoms with van der Waals surface area (Å²) in [4.78, 5) is 5.41. The Morgan fingerprint density at radius 2 is 2.00 bits per heavy atom. The van der Waals surface area contributed by atoms with Gasteiger partial charge in [0.2, 0.25) is 0 Å². The standard InChI is InChI=1S/C12H13BrN2S/c1-3-12(2)14-10(11(16)15-12)8-4-6-9(13)7-5-8/h4-7H,3H2,1-2H3,(H,15,16)/t12-/m1/s1. The molecule has 0 aromatic heterocycles. The van der Waals surface area contributed by atoms with Gasteiger partial charge >= 0.3 is 0 Å². The van der Waals surface area contributed by atoms with Gasteiger partial charge in [-0.3, -0.25) is 4.99 Å². The van der Waals surface area contributed by atoms with E-state index in [1.165, 1.54) is 0 Å². The maximum atomic E-state index is 5.32. The first-order valence-electron chi connectivity index (χ1n) is 5.22. The third kappa shape index (κ3) is 2.18. The highest BCUT2D eigenvalue weighted by Crippen LogP contribution is 2.21. The number of rotatable bonds is 2. The molecule has 84 valence electrons. The quantitative estimate of drug-likeness (QED) is 0.847. The first-order valence-corrected chi connectivity index (χ1v) is 6.42. The lowest BCUT2D eigenvalue weighted by Gasteiger charge is -2.18. The predicted octanol–water partition coefficient (Wildman–Crippen LogP) is 3.30. The molecule has 0 saturated heterocycles. The third-order valence-electron chi connectivity index (χ3n) is 2.76. The van der Waals surface area contributed by atoms with Crippen LogP contribution in [0.25, 0.3) is 0 Å². The molecule has 1 aliphatic rings. The molecule has 0 bridgehead atoms. The fourth-order valence-electron chi connectivity index (χ4n) is 1.60. The summed E-state index contributed by atoms with van der Waals surface area (Å²) >= 11 is 8.73. The van der Waals surface area contributed by atoms with E-state index < -0.39 is 0 Å². The predicted molar refractivity (Wildman–Crippen MR) is 75.1 cm³/mol. The van der Waals surface area contributed by atoms with Crippen LogP contribution in [0.5, 0.6) is 0 Å². The van der Waals surface area contributed by atoms with E-state index in [9.17, 15) is 0 Å². The van der Waals surface area contributed by atoms with E-state index in [1.54, 1.807) is 0 Å². The second-order valence-electron chi connectivity index (χ2n) is 4.05. The van der Waals surface area contributed by atoms with Gasteiger partial charge in [0.05, 0.1) is 0 Å². The maximum absolute atomic E-state index is 5.32. The van der Waals surface area contributed by atoms with E-state index in [4.69, 9.17) is 12.2 Å². The largest absolute Gasteiger partial charge is 0.351 e. The van der Waals surface area contributed by atoms with Gasteiger partial charge in [0.15, 0.2) is 0 Å². The minimum atomic E-state index is -0.237. The van der Waals surface area contributed by atoms with Crippen LogP contribution in [0, 0.1) is 0 Å². The lowest BCUT2D eigenvalue weighted by molar-refractivity contribution is 0.440. The number of nitrogens with zero attached hydrogens (tertiary/aromatic N) is 1. The summed E-state index contributed by atoms with van der Waals surface area (Å²) in [5.74, 6) is 0. The first kappa shape index (κ1) is 11.7. The van der Waals surface area contributed by atoms with Gasteiger partial charge in [0.25, 0.3) is 0 Å². The minimum absolute atomic E-state index is 0.237. The van der Waals surface area contributed by atoms with E-state index in [-0.39, 0.29) is 5.66 Å². The zero-order valence-electron chi connectivity index (χ0n) is 9.25. The molecule has 0 amide bonds. The molecule has 0 spiro atoms. The van der Waals surface area contributed by atoms with Gasteiger partial charge in [-0.1, -0.05) is 47.2 Å². The van der Waals surface area contributed by atoms with Crippen LogP contribution in [0.15, 0.2) is 33.7 Å². The average molecular weight is 297 g/mol. The van der Waals surface area contributed by atoms with Crippen molar-refractivity contribution in [3.63, 3.8) is 0 Å². The highest BCUT2D eigenvalue weighted by atomic mass is 79.9. The van der Waals surface area contributed by atoms with Crippen LogP contribution in [0.3, 0.4) is 0 Å². The summed E-state index contributed by atoms with van der Waals surface area (Å²) in [6.45, 7) is 4.16. The first-order chi connectivity index (χ1) is 7.54. The number of hydrogen-bond donors (Lipinski definition) is 1. The topological polar surface area (TPSA) is 24.4 Å². The molecule has 16 heavy (non-hydrogen) atoms. The van der Waals surface area contributed by atoms with Gasteiger partial charge in [0, 0.05) is 10.0 Å². The summed E-state index contributed by atoms with van der Waals surface area (Å²) in [6, 6.07) is 8.06. The second kappa shape index (κ2) is 4.26. The number of nitrogens with one attached hydrogen (secondary N) is 1. The molecular weight excluding hydrogens is 284 g/mol. The van der Waals surface area contributed by atoms with Crippen molar-refractivity contribution in [1.82, 2.24) is 5.32 Å². The lowest BCUT2D eigenvalue weighted by Crippen LogP contribution is -2.38.